The summed E-state index contributed by atoms with van der Waals surface area (Å²) in [6.07, 6.45) is 6.07. The summed E-state index contributed by atoms with van der Waals surface area (Å²) in [7, 11) is 0. The van der Waals surface area contributed by atoms with Gasteiger partial charge in [-0.05, 0) is 51.6 Å². The van der Waals surface area contributed by atoms with Crippen LogP contribution in [0, 0.1) is 0 Å². The van der Waals surface area contributed by atoms with Crippen molar-refractivity contribution in [3.8, 4) is 11.3 Å². The molecule has 2 saturated heterocycles. The molecule has 0 bridgehead atoms. The molecule has 0 saturated carbocycles. The van der Waals surface area contributed by atoms with E-state index in [2.05, 4.69) is 46.0 Å². The molecule has 1 atom stereocenters. The monoisotopic (exact) mass is 352 g/mol. The van der Waals surface area contributed by atoms with Crippen LogP contribution in [-0.2, 0) is 11.3 Å². The van der Waals surface area contributed by atoms with E-state index in [1.807, 2.05) is 24.4 Å². The van der Waals surface area contributed by atoms with Gasteiger partial charge in [-0.15, -0.1) is 0 Å². The van der Waals surface area contributed by atoms with Gasteiger partial charge in [0.05, 0.1) is 11.9 Å². The Hall–Kier alpha value is -2.14. The van der Waals surface area contributed by atoms with Crippen LogP contribution in [-0.4, -0.2) is 50.6 Å². The fraction of sp³-hybridized carbons (Fsp3) is 0.524. The van der Waals surface area contributed by atoms with Crippen molar-refractivity contribution in [3.05, 3.63) is 42.1 Å². The van der Waals surface area contributed by atoms with Gasteiger partial charge in [-0.2, -0.15) is 5.10 Å². The van der Waals surface area contributed by atoms with Crippen LogP contribution < -0.4 is 0 Å². The number of aromatic amines is 1. The molecule has 1 aromatic heterocycles. The van der Waals surface area contributed by atoms with Crippen LogP contribution in [0.5, 0.6) is 0 Å². The third-order valence-corrected chi connectivity index (χ3v) is 6.04. The van der Waals surface area contributed by atoms with Gasteiger partial charge in [-0.1, -0.05) is 30.3 Å². The highest BCUT2D eigenvalue weighted by molar-refractivity contribution is 5.87. The van der Waals surface area contributed by atoms with E-state index in [-0.39, 0.29) is 11.6 Å². The third kappa shape index (κ3) is 2.84. The van der Waals surface area contributed by atoms with E-state index in [0.717, 1.165) is 56.6 Å². The van der Waals surface area contributed by atoms with E-state index in [1.165, 1.54) is 5.56 Å². The molecule has 2 fully saturated rings. The number of H-pyrrole nitrogens is 1. The van der Waals surface area contributed by atoms with Gasteiger partial charge in [0.15, 0.2) is 0 Å². The van der Waals surface area contributed by atoms with E-state index in [0.29, 0.717) is 5.91 Å². The Labute approximate surface area is 155 Å². The van der Waals surface area contributed by atoms with Gasteiger partial charge in [0.2, 0.25) is 5.91 Å². The van der Waals surface area contributed by atoms with Crippen molar-refractivity contribution >= 4 is 5.91 Å². The van der Waals surface area contributed by atoms with Crippen LogP contribution in [0.1, 0.15) is 45.1 Å². The molecule has 2 aromatic rings. The molecule has 1 aromatic carbocycles. The molecule has 5 nitrogen and oxygen atoms in total. The first-order valence-corrected chi connectivity index (χ1v) is 9.75. The molecule has 0 radical (unpaired) electrons. The maximum absolute atomic E-state index is 13.3. The molecule has 26 heavy (non-hydrogen) atoms. The third-order valence-electron chi connectivity index (χ3n) is 6.04. The molecule has 0 aliphatic carbocycles. The fourth-order valence-electron chi connectivity index (χ4n) is 4.69. The van der Waals surface area contributed by atoms with Gasteiger partial charge in [-0.3, -0.25) is 14.8 Å². The number of carbonyl (C=O) groups is 1. The smallest absolute Gasteiger partial charge is 0.243 e. The maximum Gasteiger partial charge on any atom is 0.243 e. The highest BCUT2D eigenvalue weighted by Crippen LogP contribution is 2.40. The summed E-state index contributed by atoms with van der Waals surface area (Å²) in [5, 5.41) is 7.44. The largest absolute Gasteiger partial charge is 0.339 e. The summed E-state index contributed by atoms with van der Waals surface area (Å²) >= 11 is 0. The van der Waals surface area contributed by atoms with Crippen LogP contribution in [0.3, 0.4) is 0 Å². The highest BCUT2D eigenvalue weighted by Gasteiger charge is 2.51. The van der Waals surface area contributed by atoms with E-state index in [4.69, 9.17) is 0 Å². The van der Waals surface area contributed by atoms with Gasteiger partial charge in [0.1, 0.15) is 5.54 Å². The average molecular weight is 352 g/mol. The number of piperidine rings is 1. The predicted octanol–water partition coefficient (Wildman–Crippen LogP) is 3.44. The number of hydrogen-bond acceptors (Lipinski definition) is 3. The second-order valence-electron chi connectivity index (χ2n) is 7.89. The first kappa shape index (κ1) is 17.3. The van der Waals surface area contributed by atoms with Crippen molar-refractivity contribution < 1.29 is 4.79 Å². The van der Waals surface area contributed by atoms with E-state index < -0.39 is 0 Å². The number of hydrogen-bond donors (Lipinski definition) is 1. The molecule has 2 aliphatic heterocycles. The number of carbonyl (C=O) groups excluding carboxylic acids is 1. The quantitative estimate of drug-likeness (QED) is 0.917. The lowest BCUT2D eigenvalue weighted by atomic mass is 9.84. The summed E-state index contributed by atoms with van der Waals surface area (Å²) in [5.41, 5.74) is 3.07. The number of benzene rings is 1. The van der Waals surface area contributed by atoms with Crippen molar-refractivity contribution in [1.29, 1.82) is 0 Å². The molecule has 5 heteroatoms. The van der Waals surface area contributed by atoms with Crippen LogP contribution in [0.25, 0.3) is 11.3 Å². The lowest BCUT2D eigenvalue weighted by Gasteiger charge is -2.46. The number of aromatic nitrogens is 2. The van der Waals surface area contributed by atoms with Crippen LogP contribution in [0.2, 0.25) is 0 Å². The number of rotatable bonds is 4. The van der Waals surface area contributed by atoms with Crippen LogP contribution in [0.15, 0.2) is 36.5 Å². The summed E-state index contributed by atoms with van der Waals surface area (Å²) < 4.78 is 0. The second kappa shape index (κ2) is 6.88. The zero-order chi connectivity index (χ0) is 18.1. The van der Waals surface area contributed by atoms with Gasteiger partial charge >= 0.3 is 0 Å². The molecule has 3 heterocycles. The lowest BCUT2D eigenvalue weighted by molar-refractivity contribution is -0.149. The Bertz CT molecular complexity index is 769. The Kier molecular flexibility index (Phi) is 4.57. The van der Waals surface area contributed by atoms with E-state index >= 15 is 0 Å². The minimum atomic E-state index is -0.312. The van der Waals surface area contributed by atoms with Crippen LogP contribution in [0.4, 0.5) is 0 Å². The topological polar surface area (TPSA) is 52.2 Å². The van der Waals surface area contributed by atoms with Crippen molar-refractivity contribution in [2.75, 3.05) is 13.1 Å². The molecule has 1 unspecified atom stereocenters. The minimum Gasteiger partial charge on any atom is -0.339 e. The number of nitrogens with one attached hydrogen (secondary N) is 1. The number of amides is 1. The summed E-state index contributed by atoms with van der Waals surface area (Å²) in [5.74, 6) is 0.334. The molecule has 1 spiro atoms. The molecular weight excluding hydrogens is 324 g/mol. The minimum absolute atomic E-state index is 0.274. The highest BCUT2D eigenvalue weighted by atomic mass is 16.2. The molecule has 1 amide bonds. The van der Waals surface area contributed by atoms with Gasteiger partial charge in [0.25, 0.3) is 0 Å². The average Bonchev–Trinajstić information content (AvgIpc) is 3.26. The number of likely N-dealkylation sites (tertiary alicyclic amines) is 2. The zero-order valence-corrected chi connectivity index (χ0v) is 15.7. The Morgan fingerprint density at radius 3 is 2.62 bits per heavy atom. The second-order valence-corrected chi connectivity index (χ2v) is 7.89. The molecule has 2 aliphatic rings. The summed E-state index contributed by atoms with van der Waals surface area (Å²) in [6.45, 7) is 6.90. The van der Waals surface area contributed by atoms with Crippen molar-refractivity contribution in [3.63, 3.8) is 0 Å². The van der Waals surface area contributed by atoms with Crippen LogP contribution >= 0.6 is 0 Å². The SMILES string of the molecule is CC(C)N1CCCC2(CCCN2Cc2cn[nH]c2-c2ccccc2)C1=O. The molecule has 4 rings (SSSR count). The fourth-order valence-corrected chi connectivity index (χ4v) is 4.69. The van der Waals surface area contributed by atoms with Gasteiger partial charge < -0.3 is 4.90 Å². The Balaban J connectivity index is 1.61. The lowest BCUT2D eigenvalue weighted by Crippen LogP contribution is -2.61. The van der Waals surface area contributed by atoms with E-state index in [9.17, 15) is 4.79 Å². The molecular formula is C21H28N4O. The van der Waals surface area contributed by atoms with Crippen molar-refractivity contribution in [1.82, 2.24) is 20.0 Å². The van der Waals surface area contributed by atoms with E-state index in [1.54, 1.807) is 0 Å². The van der Waals surface area contributed by atoms with Crippen molar-refractivity contribution in [2.24, 2.45) is 0 Å². The zero-order valence-electron chi connectivity index (χ0n) is 15.7. The van der Waals surface area contributed by atoms with Crippen molar-refractivity contribution in [2.45, 2.75) is 57.7 Å². The maximum atomic E-state index is 13.3. The Morgan fingerprint density at radius 2 is 1.88 bits per heavy atom. The number of nitrogens with zero attached hydrogens (tertiary/aromatic N) is 3. The predicted molar refractivity (Wildman–Crippen MR) is 102 cm³/mol. The Morgan fingerprint density at radius 1 is 1.15 bits per heavy atom. The normalized spacial score (nSPS) is 24.1. The summed E-state index contributed by atoms with van der Waals surface area (Å²) in [4.78, 5) is 17.8. The van der Waals surface area contributed by atoms with Gasteiger partial charge in [0, 0.05) is 24.7 Å². The molecule has 1 N–H and O–H groups in total. The summed E-state index contributed by atoms with van der Waals surface area (Å²) in [6, 6.07) is 10.6. The van der Waals surface area contributed by atoms with Gasteiger partial charge in [-0.25, -0.2) is 0 Å². The first-order chi connectivity index (χ1) is 12.6. The molecule has 138 valence electrons. The standard InChI is InChI=1S/C21H28N4O/c1-16(2)25-13-7-11-21(20(25)26)10-6-12-24(21)15-18-14-22-23-19(18)17-8-4-3-5-9-17/h3-5,8-9,14,16H,6-7,10-13,15H2,1-2H3,(H,22,23). The first-order valence-electron chi connectivity index (χ1n) is 9.75.